The Morgan fingerprint density at radius 2 is 1.90 bits per heavy atom. The molecule has 1 N–H and O–H groups in total. The van der Waals surface area contributed by atoms with Crippen molar-refractivity contribution >= 4 is 23.5 Å². The van der Waals surface area contributed by atoms with Crippen LogP contribution in [0.3, 0.4) is 0 Å². The second kappa shape index (κ2) is 6.24. The van der Waals surface area contributed by atoms with Crippen LogP contribution in [0.1, 0.15) is 15.9 Å². The number of rotatable bonds is 3. The van der Waals surface area contributed by atoms with Crippen LogP contribution in [0, 0.1) is 6.92 Å². The van der Waals surface area contributed by atoms with E-state index in [1.807, 2.05) is 17.9 Å². The molecule has 6 heteroatoms. The van der Waals surface area contributed by atoms with E-state index in [4.69, 9.17) is 16.7 Å². The summed E-state index contributed by atoms with van der Waals surface area (Å²) in [6.07, 6.45) is 0. The minimum atomic E-state index is -0.838. The molecule has 1 aromatic carbocycles. The van der Waals surface area contributed by atoms with E-state index >= 15 is 0 Å². The summed E-state index contributed by atoms with van der Waals surface area (Å²) in [4.78, 5) is 26.7. The summed E-state index contributed by atoms with van der Waals surface area (Å²) in [6.45, 7) is 4.15. The molecule has 5 nitrogen and oxygen atoms in total. The number of hydrogen-bond acceptors (Lipinski definition) is 3. The molecule has 0 aromatic heterocycles. The smallest absolute Gasteiger partial charge is 0.317 e. The van der Waals surface area contributed by atoms with Gasteiger partial charge in [-0.3, -0.25) is 14.5 Å². The minimum absolute atomic E-state index is 0.0260. The van der Waals surface area contributed by atoms with Crippen LogP contribution in [0.5, 0.6) is 0 Å². The van der Waals surface area contributed by atoms with Gasteiger partial charge in [0.15, 0.2) is 0 Å². The number of carboxylic acids is 1. The summed E-state index contributed by atoms with van der Waals surface area (Å²) in [7, 11) is 0. The van der Waals surface area contributed by atoms with Gasteiger partial charge < -0.3 is 10.0 Å². The number of carbonyl (C=O) groups is 2. The highest BCUT2D eigenvalue weighted by atomic mass is 35.5. The SMILES string of the molecule is Cc1ccc(Cl)cc1C(=O)N1CCN(CC(=O)O)CC1. The fourth-order valence-electron chi connectivity index (χ4n) is 2.30. The molecule has 0 unspecified atom stereocenters. The zero-order valence-electron chi connectivity index (χ0n) is 11.3. The molecule has 1 aliphatic heterocycles. The number of piperazine rings is 1. The van der Waals surface area contributed by atoms with E-state index in [0.29, 0.717) is 36.8 Å². The van der Waals surface area contributed by atoms with Gasteiger partial charge in [-0.15, -0.1) is 0 Å². The molecular weight excluding hydrogens is 280 g/mol. The van der Waals surface area contributed by atoms with Crippen LogP contribution in [0.15, 0.2) is 18.2 Å². The number of hydrogen-bond donors (Lipinski definition) is 1. The second-order valence-electron chi connectivity index (χ2n) is 4.92. The highest BCUT2D eigenvalue weighted by Gasteiger charge is 2.24. The summed E-state index contributed by atoms with van der Waals surface area (Å²) >= 11 is 5.94. The van der Waals surface area contributed by atoms with Crippen molar-refractivity contribution in [2.75, 3.05) is 32.7 Å². The van der Waals surface area contributed by atoms with E-state index in [0.717, 1.165) is 5.56 Å². The molecule has 0 atom stereocenters. The van der Waals surface area contributed by atoms with Gasteiger partial charge in [0.2, 0.25) is 0 Å². The predicted octanol–water partition coefficient (Wildman–Crippen LogP) is 1.49. The van der Waals surface area contributed by atoms with E-state index in [-0.39, 0.29) is 12.5 Å². The summed E-state index contributed by atoms with van der Waals surface area (Å²) in [6, 6.07) is 5.28. The van der Waals surface area contributed by atoms with E-state index in [1.165, 1.54) is 0 Å². The average Bonchev–Trinajstić information content (AvgIpc) is 2.41. The Kier molecular flexibility index (Phi) is 4.62. The minimum Gasteiger partial charge on any atom is -0.480 e. The number of amides is 1. The molecule has 1 aromatic rings. The first-order chi connectivity index (χ1) is 9.47. The highest BCUT2D eigenvalue weighted by Crippen LogP contribution is 2.18. The third kappa shape index (κ3) is 3.49. The zero-order valence-corrected chi connectivity index (χ0v) is 12.1. The van der Waals surface area contributed by atoms with Crippen molar-refractivity contribution in [3.05, 3.63) is 34.3 Å². The van der Waals surface area contributed by atoms with E-state index in [2.05, 4.69) is 0 Å². The Morgan fingerprint density at radius 1 is 1.25 bits per heavy atom. The lowest BCUT2D eigenvalue weighted by atomic mass is 10.1. The Morgan fingerprint density at radius 3 is 2.50 bits per heavy atom. The molecule has 0 spiro atoms. The first kappa shape index (κ1) is 14.8. The van der Waals surface area contributed by atoms with E-state index in [1.54, 1.807) is 17.0 Å². The third-order valence-corrected chi connectivity index (χ3v) is 3.68. The Bertz CT molecular complexity index is 525. The van der Waals surface area contributed by atoms with Crippen molar-refractivity contribution in [1.82, 2.24) is 9.80 Å². The molecule has 0 aliphatic carbocycles. The van der Waals surface area contributed by atoms with Crippen molar-refractivity contribution in [3.8, 4) is 0 Å². The largest absolute Gasteiger partial charge is 0.480 e. The molecule has 1 aliphatic rings. The van der Waals surface area contributed by atoms with Gasteiger partial charge in [-0.25, -0.2) is 0 Å². The number of carboxylic acid groups (broad SMARTS) is 1. The Balaban J connectivity index is 2.01. The molecule has 20 heavy (non-hydrogen) atoms. The lowest BCUT2D eigenvalue weighted by Crippen LogP contribution is -2.50. The van der Waals surface area contributed by atoms with Crippen LogP contribution in [-0.2, 0) is 4.79 Å². The first-order valence-corrected chi connectivity index (χ1v) is 6.85. The standard InChI is InChI=1S/C14H17ClN2O3/c1-10-2-3-11(15)8-12(10)14(20)17-6-4-16(5-7-17)9-13(18)19/h2-3,8H,4-7,9H2,1H3,(H,18,19). The molecule has 0 bridgehead atoms. The molecule has 1 saturated heterocycles. The van der Waals surface area contributed by atoms with Crippen molar-refractivity contribution in [2.45, 2.75) is 6.92 Å². The van der Waals surface area contributed by atoms with Crippen LogP contribution in [-0.4, -0.2) is 59.5 Å². The maximum absolute atomic E-state index is 12.4. The molecule has 2 rings (SSSR count). The van der Waals surface area contributed by atoms with Crippen LogP contribution < -0.4 is 0 Å². The number of aryl methyl sites for hydroxylation is 1. The zero-order chi connectivity index (χ0) is 14.7. The van der Waals surface area contributed by atoms with Crippen molar-refractivity contribution < 1.29 is 14.7 Å². The monoisotopic (exact) mass is 296 g/mol. The normalized spacial score (nSPS) is 16.2. The van der Waals surface area contributed by atoms with Crippen LogP contribution in [0.4, 0.5) is 0 Å². The van der Waals surface area contributed by atoms with Gasteiger partial charge in [-0.05, 0) is 24.6 Å². The van der Waals surface area contributed by atoms with Crippen molar-refractivity contribution in [1.29, 1.82) is 0 Å². The number of nitrogens with zero attached hydrogens (tertiary/aromatic N) is 2. The van der Waals surface area contributed by atoms with Gasteiger partial charge in [0.05, 0.1) is 6.54 Å². The molecular formula is C14H17ClN2O3. The average molecular weight is 297 g/mol. The van der Waals surface area contributed by atoms with E-state index in [9.17, 15) is 9.59 Å². The highest BCUT2D eigenvalue weighted by molar-refractivity contribution is 6.31. The fourth-order valence-corrected chi connectivity index (χ4v) is 2.47. The van der Waals surface area contributed by atoms with Crippen LogP contribution in [0.25, 0.3) is 0 Å². The second-order valence-corrected chi connectivity index (χ2v) is 5.36. The predicted molar refractivity (Wildman–Crippen MR) is 76.2 cm³/mol. The maximum Gasteiger partial charge on any atom is 0.317 e. The lowest BCUT2D eigenvalue weighted by Gasteiger charge is -2.34. The van der Waals surface area contributed by atoms with Gasteiger partial charge in [0.25, 0.3) is 5.91 Å². The molecule has 0 radical (unpaired) electrons. The Hall–Kier alpha value is -1.59. The Labute approximate surface area is 122 Å². The van der Waals surface area contributed by atoms with Crippen molar-refractivity contribution in [2.24, 2.45) is 0 Å². The first-order valence-electron chi connectivity index (χ1n) is 6.47. The summed E-state index contributed by atoms with van der Waals surface area (Å²) < 4.78 is 0. The third-order valence-electron chi connectivity index (χ3n) is 3.45. The number of benzene rings is 1. The topological polar surface area (TPSA) is 60.9 Å². The summed E-state index contributed by atoms with van der Waals surface area (Å²) in [5, 5.41) is 9.29. The molecule has 0 saturated carbocycles. The van der Waals surface area contributed by atoms with E-state index < -0.39 is 5.97 Å². The number of halogens is 1. The van der Waals surface area contributed by atoms with Crippen LogP contribution in [0.2, 0.25) is 5.02 Å². The lowest BCUT2D eigenvalue weighted by molar-refractivity contribution is -0.138. The number of aliphatic carboxylic acids is 1. The van der Waals surface area contributed by atoms with Crippen molar-refractivity contribution in [3.63, 3.8) is 0 Å². The quantitative estimate of drug-likeness (QED) is 0.918. The van der Waals surface area contributed by atoms with Gasteiger partial charge in [0.1, 0.15) is 0 Å². The summed E-state index contributed by atoms with van der Waals surface area (Å²) in [5.41, 5.74) is 1.51. The van der Waals surface area contributed by atoms with Gasteiger partial charge in [-0.1, -0.05) is 17.7 Å². The molecule has 1 heterocycles. The van der Waals surface area contributed by atoms with Crippen LogP contribution >= 0.6 is 11.6 Å². The summed E-state index contributed by atoms with van der Waals surface area (Å²) in [5.74, 6) is -0.879. The number of carbonyl (C=O) groups excluding carboxylic acids is 1. The molecule has 1 fully saturated rings. The maximum atomic E-state index is 12.4. The molecule has 1 amide bonds. The van der Waals surface area contributed by atoms with Gasteiger partial charge in [0, 0.05) is 36.8 Å². The van der Waals surface area contributed by atoms with Gasteiger partial charge >= 0.3 is 5.97 Å². The fraction of sp³-hybridized carbons (Fsp3) is 0.429. The van der Waals surface area contributed by atoms with Gasteiger partial charge in [-0.2, -0.15) is 0 Å². The molecule has 108 valence electrons.